The van der Waals surface area contributed by atoms with E-state index in [1.165, 1.54) is 11.2 Å². The van der Waals surface area contributed by atoms with Crippen LogP contribution in [0.4, 0.5) is 10.5 Å². The standard InChI is InChI=1S/C18H20N2O3/c1-14-9-11-19(12-10-14)18(22)20(15-6-3-2-4-7-15)17(21)16-8-5-13-23-16/h2-8,13-14H,9-12H2,1H3. The van der Waals surface area contributed by atoms with Crippen LogP contribution < -0.4 is 4.90 Å². The topological polar surface area (TPSA) is 53.8 Å². The monoisotopic (exact) mass is 312 g/mol. The fraction of sp³-hybridized carbons (Fsp3) is 0.333. The molecule has 1 fully saturated rings. The van der Waals surface area contributed by atoms with Crippen molar-refractivity contribution in [3.63, 3.8) is 0 Å². The summed E-state index contributed by atoms with van der Waals surface area (Å²) in [5.41, 5.74) is 0.553. The molecule has 2 heterocycles. The van der Waals surface area contributed by atoms with Gasteiger partial charge in [-0.2, -0.15) is 0 Å². The van der Waals surface area contributed by atoms with Crippen LogP contribution in [0.2, 0.25) is 0 Å². The van der Waals surface area contributed by atoms with Crippen molar-refractivity contribution in [2.45, 2.75) is 19.8 Å². The number of para-hydroxylation sites is 1. The number of nitrogens with zero attached hydrogens (tertiary/aromatic N) is 2. The number of imide groups is 1. The number of amides is 3. The number of anilines is 1. The highest BCUT2D eigenvalue weighted by molar-refractivity contribution is 6.19. The molecule has 5 heteroatoms. The third-order valence-corrected chi connectivity index (χ3v) is 4.19. The number of benzene rings is 1. The highest BCUT2D eigenvalue weighted by Gasteiger charge is 2.31. The highest BCUT2D eigenvalue weighted by atomic mass is 16.3. The molecule has 0 saturated carbocycles. The zero-order chi connectivity index (χ0) is 16.2. The molecule has 3 rings (SSSR count). The van der Waals surface area contributed by atoms with Crippen molar-refractivity contribution in [2.24, 2.45) is 5.92 Å². The zero-order valence-electron chi connectivity index (χ0n) is 13.1. The van der Waals surface area contributed by atoms with Crippen LogP contribution in [0.3, 0.4) is 0 Å². The number of carbonyl (C=O) groups is 2. The molecule has 23 heavy (non-hydrogen) atoms. The summed E-state index contributed by atoms with van der Waals surface area (Å²) in [7, 11) is 0. The van der Waals surface area contributed by atoms with Crippen LogP contribution in [-0.4, -0.2) is 29.9 Å². The van der Waals surface area contributed by atoms with Crippen LogP contribution >= 0.6 is 0 Å². The third-order valence-electron chi connectivity index (χ3n) is 4.19. The van der Waals surface area contributed by atoms with Gasteiger partial charge in [0.25, 0.3) is 0 Å². The van der Waals surface area contributed by atoms with E-state index in [-0.39, 0.29) is 11.8 Å². The molecule has 0 radical (unpaired) electrons. The molecule has 2 aromatic rings. The Morgan fingerprint density at radius 3 is 2.39 bits per heavy atom. The van der Waals surface area contributed by atoms with Gasteiger partial charge in [-0.3, -0.25) is 4.79 Å². The molecule has 0 N–H and O–H groups in total. The van der Waals surface area contributed by atoms with E-state index in [0.717, 1.165) is 12.8 Å². The fourth-order valence-corrected chi connectivity index (χ4v) is 2.74. The van der Waals surface area contributed by atoms with Crippen LogP contribution in [0.25, 0.3) is 0 Å². The number of urea groups is 1. The van der Waals surface area contributed by atoms with Crippen molar-refractivity contribution >= 4 is 17.6 Å². The Kier molecular flexibility index (Phi) is 4.46. The summed E-state index contributed by atoms with van der Waals surface area (Å²) in [6.07, 6.45) is 3.36. The molecule has 1 aliphatic rings. The van der Waals surface area contributed by atoms with Gasteiger partial charge in [-0.1, -0.05) is 25.1 Å². The van der Waals surface area contributed by atoms with Gasteiger partial charge in [0.05, 0.1) is 12.0 Å². The minimum atomic E-state index is -0.440. The van der Waals surface area contributed by atoms with Gasteiger partial charge in [0.15, 0.2) is 5.76 Å². The summed E-state index contributed by atoms with van der Waals surface area (Å²) in [6.45, 7) is 3.54. The van der Waals surface area contributed by atoms with Gasteiger partial charge >= 0.3 is 11.9 Å². The number of piperidine rings is 1. The SMILES string of the molecule is CC1CCN(C(=O)N(C(=O)c2ccco2)c2ccccc2)CC1. The Morgan fingerprint density at radius 1 is 1.09 bits per heavy atom. The Hall–Kier alpha value is -2.56. The van der Waals surface area contributed by atoms with E-state index in [1.54, 1.807) is 29.2 Å². The number of likely N-dealkylation sites (tertiary alicyclic amines) is 1. The summed E-state index contributed by atoms with van der Waals surface area (Å²) in [5.74, 6) is 0.336. The first-order valence-electron chi connectivity index (χ1n) is 7.88. The van der Waals surface area contributed by atoms with Gasteiger partial charge in [-0.05, 0) is 43.0 Å². The molecule has 0 bridgehead atoms. The summed E-state index contributed by atoms with van der Waals surface area (Å²) < 4.78 is 5.19. The Bertz CT molecular complexity index is 659. The number of hydrogen-bond acceptors (Lipinski definition) is 3. The lowest BCUT2D eigenvalue weighted by molar-refractivity contribution is 0.0955. The van der Waals surface area contributed by atoms with Crippen LogP contribution in [0.5, 0.6) is 0 Å². The van der Waals surface area contributed by atoms with E-state index >= 15 is 0 Å². The number of furan rings is 1. The second-order valence-electron chi connectivity index (χ2n) is 5.91. The zero-order valence-corrected chi connectivity index (χ0v) is 13.1. The lowest BCUT2D eigenvalue weighted by atomic mass is 9.99. The summed E-state index contributed by atoms with van der Waals surface area (Å²) in [6, 6.07) is 11.9. The normalized spacial score (nSPS) is 15.4. The minimum absolute atomic E-state index is 0.160. The highest BCUT2D eigenvalue weighted by Crippen LogP contribution is 2.22. The average Bonchev–Trinajstić information content (AvgIpc) is 3.11. The Morgan fingerprint density at radius 2 is 1.78 bits per heavy atom. The summed E-state index contributed by atoms with van der Waals surface area (Å²) in [4.78, 5) is 28.6. The lowest BCUT2D eigenvalue weighted by Gasteiger charge is -2.33. The second-order valence-corrected chi connectivity index (χ2v) is 5.91. The van der Waals surface area contributed by atoms with Gasteiger partial charge < -0.3 is 9.32 Å². The third kappa shape index (κ3) is 3.28. The molecule has 120 valence electrons. The largest absolute Gasteiger partial charge is 0.459 e. The number of rotatable bonds is 2. The summed E-state index contributed by atoms with van der Waals surface area (Å²) >= 11 is 0. The van der Waals surface area contributed by atoms with Crippen molar-refractivity contribution in [3.05, 3.63) is 54.5 Å². The molecule has 1 aliphatic heterocycles. The van der Waals surface area contributed by atoms with Crippen molar-refractivity contribution in [1.82, 2.24) is 4.90 Å². The molecule has 1 aromatic heterocycles. The molecule has 1 saturated heterocycles. The molecule has 0 unspecified atom stereocenters. The molecule has 0 aliphatic carbocycles. The van der Waals surface area contributed by atoms with Crippen molar-refractivity contribution in [2.75, 3.05) is 18.0 Å². The van der Waals surface area contributed by atoms with Crippen molar-refractivity contribution in [3.8, 4) is 0 Å². The Balaban J connectivity index is 1.89. The number of hydrogen-bond donors (Lipinski definition) is 0. The van der Waals surface area contributed by atoms with E-state index in [2.05, 4.69) is 6.92 Å². The molecule has 0 spiro atoms. The predicted octanol–water partition coefficient (Wildman–Crippen LogP) is 3.78. The van der Waals surface area contributed by atoms with E-state index in [9.17, 15) is 9.59 Å². The van der Waals surface area contributed by atoms with E-state index < -0.39 is 5.91 Å². The molecule has 0 atom stereocenters. The number of carbonyl (C=O) groups excluding carboxylic acids is 2. The van der Waals surface area contributed by atoms with Gasteiger partial charge in [0.2, 0.25) is 0 Å². The van der Waals surface area contributed by atoms with Gasteiger partial charge in [-0.25, -0.2) is 9.69 Å². The molecular weight excluding hydrogens is 292 g/mol. The minimum Gasteiger partial charge on any atom is -0.459 e. The van der Waals surface area contributed by atoms with Crippen molar-refractivity contribution in [1.29, 1.82) is 0 Å². The maximum Gasteiger partial charge on any atom is 0.331 e. The first-order valence-corrected chi connectivity index (χ1v) is 7.88. The summed E-state index contributed by atoms with van der Waals surface area (Å²) in [5, 5.41) is 0. The fourth-order valence-electron chi connectivity index (χ4n) is 2.74. The smallest absolute Gasteiger partial charge is 0.331 e. The second kappa shape index (κ2) is 6.69. The predicted molar refractivity (Wildman–Crippen MR) is 87.3 cm³/mol. The van der Waals surface area contributed by atoms with Gasteiger partial charge in [-0.15, -0.1) is 0 Å². The van der Waals surface area contributed by atoms with E-state index in [0.29, 0.717) is 24.7 Å². The lowest BCUT2D eigenvalue weighted by Crippen LogP contribution is -2.49. The van der Waals surface area contributed by atoms with Crippen LogP contribution in [-0.2, 0) is 0 Å². The van der Waals surface area contributed by atoms with E-state index in [4.69, 9.17) is 4.42 Å². The first-order chi connectivity index (χ1) is 11.2. The maximum atomic E-state index is 12.9. The van der Waals surface area contributed by atoms with Crippen LogP contribution in [0.15, 0.2) is 53.1 Å². The molecular formula is C18H20N2O3. The molecule has 3 amide bonds. The average molecular weight is 312 g/mol. The quantitative estimate of drug-likeness (QED) is 0.848. The Labute approximate surface area is 135 Å². The molecule has 5 nitrogen and oxygen atoms in total. The van der Waals surface area contributed by atoms with E-state index in [1.807, 2.05) is 18.2 Å². The van der Waals surface area contributed by atoms with Crippen LogP contribution in [0, 0.1) is 5.92 Å². The van der Waals surface area contributed by atoms with Crippen LogP contribution in [0.1, 0.15) is 30.3 Å². The van der Waals surface area contributed by atoms with Gasteiger partial charge in [0, 0.05) is 13.1 Å². The van der Waals surface area contributed by atoms with Crippen molar-refractivity contribution < 1.29 is 14.0 Å². The first kappa shape index (κ1) is 15.3. The van der Waals surface area contributed by atoms with Gasteiger partial charge in [0.1, 0.15) is 0 Å². The molecule has 1 aromatic carbocycles. The maximum absolute atomic E-state index is 12.9.